The summed E-state index contributed by atoms with van der Waals surface area (Å²) in [6.07, 6.45) is 1.17. The standard InChI is InChI=1S/C14H19N3O2S/c18-14(13-8-20-9-15-13)17-5-10-3-16(4-11(10)6-17)12-1-2-19-7-12/h8-12H,1-7H2/t10-,11+,12?. The van der Waals surface area contributed by atoms with Crippen molar-refractivity contribution in [2.24, 2.45) is 11.8 Å². The van der Waals surface area contributed by atoms with Crippen LogP contribution in [0.25, 0.3) is 0 Å². The van der Waals surface area contributed by atoms with Crippen LogP contribution in [0.3, 0.4) is 0 Å². The van der Waals surface area contributed by atoms with Crippen LogP contribution < -0.4 is 0 Å². The number of hydrogen-bond donors (Lipinski definition) is 0. The van der Waals surface area contributed by atoms with Crippen LogP contribution in [0.5, 0.6) is 0 Å². The van der Waals surface area contributed by atoms with Gasteiger partial charge in [-0.1, -0.05) is 0 Å². The molecule has 3 aliphatic rings. The topological polar surface area (TPSA) is 45.7 Å². The van der Waals surface area contributed by atoms with Crippen molar-refractivity contribution < 1.29 is 9.53 Å². The molecule has 3 aliphatic heterocycles. The van der Waals surface area contributed by atoms with Crippen LogP contribution in [0.2, 0.25) is 0 Å². The highest BCUT2D eigenvalue weighted by Crippen LogP contribution is 2.34. The molecular weight excluding hydrogens is 274 g/mol. The quantitative estimate of drug-likeness (QED) is 0.814. The molecule has 3 fully saturated rings. The van der Waals surface area contributed by atoms with Gasteiger partial charge in [-0.05, 0) is 18.3 Å². The normalized spacial score (nSPS) is 33.8. The number of carbonyl (C=O) groups excluding carboxylic acids is 1. The number of ether oxygens (including phenoxy) is 1. The molecule has 3 atom stereocenters. The molecule has 20 heavy (non-hydrogen) atoms. The van der Waals surface area contributed by atoms with E-state index in [1.807, 2.05) is 10.3 Å². The van der Waals surface area contributed by atoms with Gasteiger partial charge in [-0.2, -0.15) is 0 Å². The van der Waals surface area contributed by atoms with Gasteiger partial charge in [0.2, 0.25) is 0 Å². The number of amides is 1. The zero-order chi connectivity index (χ0) is 13.5. The van der Waals surface area contributed by atoms with E-state index in [-0.39, 0.29) is 5.91 Å². The summed E-state index contributed by atoms with van der Waals surface area (Å²) in [4.78, 5) is 21.0. The minimum atomic E-state index is 0.108. The summed E-state index contributed by atoms with van der Waals surface area (Å²) < 4.78 is 5.49. The van der Waals surface area contributed by atoms with Gasteiger partial charge >= 0.3 is 0 Å². The monoisotopic (exact) mass is 293 g/mol. The van der Waals surface area contributed by atoms with Crippen LogP contribution in [0.1, 0.15) is 16.9 Å². The summed E-state index contributed by atoms with van der Waals surface area (Å²) in [5.41, 5.74) is 2.34. The van der Waals surface area contributed by atoms with Gasteiger partial charge in [0.1, 0.15) is 5.69 Å². The van der Waals surface area contributed by atoms with E-state index in [0.29, 0.717) is 23.6 Å². The van der Waals surface area contributed by atoms with Gasteiger partial charge in [0.15, 0.2) is 0 Å². The van der Waals surface area contributed by atoms with E-state index in [1.54, 1.807) is 5.51 Å². The number of thiazole rings is 1. The summed E-state index contributed by atoms with van der Waals surface area (Å²) in [6, 6.07) is 0.614. The van der Waals surface area contributed by atoms with Crippen molar-refractivity contribution >= 4 is 17.2 Å². The van der Waals surface area contributed by atoms with Gasteiger partial charge in [0, 0.05) is 44.2 Å². The Morgan fingerprint density at radius 3 is 2.70 bits per heavy atom. The molecule has 6 heteroatoms. The van der Waals surface area contributed by atoms with Crippen LogP contribution in [0.4, 0.5) is 0 Å². The van der Waals surface area contributed by atoms with E-state index >= 15 is 0 Å². The Balaban J connectivity index is 1.38. The van der Waals surface area contributed by atoms with E-state index < -0.39 is 0 Å². The molecule has 1 aromatic heterocycles. The molecule has 0 N–H and O–H groups in total. The molecule has 108 valence electrons. The second-order valence-corrected chi connectivity index (χ2v) is 6.79. The van der Waals surface area contributed by atoms with Crippen molar-refractivity contribution in [1.29, 1.82) is 0 Å². The maximum Gasteiger partial charge on any atom is 0.273 e. The number of fused-ring (bicyclic) bond motifs is 1. The highest BCUT2D eigenvalue weighted by atomic mass is 32.1. The fraction of sp³-hybridized carbons (Fsp3) is 0.714. The van der Waals surface area contributed by atoms with Gasteiger partial charge in [0.05, 0.1) is 12.1 Å². The van der Waals surface area contributed by atoms with Crippen LogP contribution in [0.15, 0.2) is 10.9 Å². The van der Waals surface area contributed by atoms with E-state index in [2.05, 4.69) is 9.88 Å². The van der Waals surface area contributed by atoms with E-state index in [9.17, 15) is 4.79 Å². The SMILES string of the molecule is O=C(c1cscn1)N1C[C@@H]2CN(C3CCOC3)C[C@@H]2C1. The Morgan fingerprint density at radius 1 is 1.30 bits per heavy atom. The third kappa shape index (κ3) is 2.16. The minimum absolute atomic E-state index is 0.108. The lowest BCUT2D eigenvalue weighted by Crippen LogP contribution is -2.38. The van der Waals surface area contributed by atoms with Crippen LogP contribution in [-0.4, -0.2) is 66.1 Å². The second-order valence-electron chi connectivity index (χ2n) is 6.08. The van der Waals surface area contributed by atoms with Crippen molar-refractivity contribution in [3.05, 3.63) is 16.6 Å². The molecule has 1 aromatic rings. The predicted molar refractivity (Wildman–Crippen MR) is 75.8 cm³/mol. The number of hydrogen-bond acceptors (Lipinski definition) is 5. The molecule has 0 saturated carbocycles. The zero-order valence-corrected chi connectivity index (χ0v) is 12.2. The summed E-state index contributed by atoms with van der Waals surface area (Å²) in [5, 5.41) is 1.85. The molecule has 0 aromatic carbocycles. The average molecular weight is 293 g/mol. The molecule has 0 aliphatic carbocycles. The molecule has 4 rings (SSSR count). The van der Waals surface area contributed by atoms with Crippen molar-refractivity contribution in [2.75, 3.05) is 39.4 Å². The van der Waals surface area contributed by atoms with Gasteiger partial charge < -0.3 is 9.64 Å². The Labute approximate surface area is 122 Å². The average Bonchev–Trinajstić information content (AvgIpc) is 3.19. The lowest BCUT2D eigenvalue weighted by molar-refractivity contribution is 0.0762. The molecule has 4 heterocycles. The number of carbonyl (C=O) groups is 1. The van der Waals surface area contributed by atoms with Crippen LogP contribution in [0, 0.1) is 11.8 Å². The van der Waals surface area contributed by atoms with Crippen molar-refractivity contribution in [3.63, 3.8) is 0 Å². The number of nitrogens with zero attached hydrogens (tertiary/aromatic N) is 3. The smallest absolute Gasteiger partial charge is 0.273 e. The number of rotatable bonds is 2. The largest absolute Gasteiger partial charge is 0.380 e. The molecule has 0 spiro atoms. The first-order valence-corrected chi connectivity index (χ1v) is 8.25. The fourth-order valence-corrected chi connectivity index (χ4v) is 4.31. The molecule has 0 bridgehead atoms. The summed E-state index contributed by atoms with van der Waals surface area (Å²) >= 11 is 1.48. The highest BCUT2D eigenvalue weighted by molar-refractivity contribution is 7.07. The molecular formula is C14H19N3O2S. The van der Waals surface area contributed by atoms with Crippen LogP contribution >= 0.6 is 11.3 Å². The predicted octanol–water partition coefficient (Wildman–Crippen LogP) is 0.936. The highest BCUT2D eigenvalue weighted by Gasteiger charge is 2.44. The molecule has 0 radical (unpaired) electrons. The summed E-state index contributed by atoms with van der Waals surface area (Å²) in [6.45, 7) is 5.83. The first kappa shape index (κ1) is 12.7. The van der Waals surface area contributed by atoms with Gasteiger partial charge in [-0.3, -0.25) is 9.69 Å². The first-order valence-electron chi connectivity index (χ1n) is 7.30. The maximum absolute atomic E-state index is 12.3. The summed E-state index contributed by atoms with van der Waals surface area (Å²) in [5.74, 6) is 1.38. The first-order chi connectivity index (χ1) is 9.81. The molecule has 1 amide bonds. The Morgan fingerprint density at radius 2 is 2.10 bits per heavy atom. The Bertz CT molecular complexity index is 473. The van der Waals surface area contributed by atoms with E-state index in [0.717, 1.165) is 39.4 Å². The summed E-state index contributed by atoms with van der Waals surface area (Å²) in [7, 11) is 0. The van der Waals surface area contributed by atoms with Crippen molar-refractivity contribution in [3.8, 4) is 0 Å². The fourth-order valence-electron chi connectivity index (χ4n) is 3.78. The van der Waals surface area contributed by atoms with E-state index in [1.165, 1.54) is 17.8 Å². The molecule has 5 nitrogen and oxygen atoms in total. The third-order valence-electron chi connectivity index (χ3n) is 4.88. The molecule has 1 unspecified atom stereocenters. The van der Waals surface area contributed by atoms with Gasteiger partial charge in [0.25, 0.3) is 5.91 Å². The molecule has 3 saturated heterocycles. The van der Waals surface area contributed by atoms with Gasteiger partial charge in [-0.25, -0.2) is 4.98 Å². The van der Waals surface area contributed by atoms with Crippen LogP contribution in [-0.2, 0) is 4.74 Å². The number of likely N-dealkylation sites (tertiary alicyclic amines) is 2. The van der Waals surface area contributed by atoms with Gasteiger partial charge in [-0.15, -0.1) is 11.3 Å². The van der Waals surface area contributed by atoms with Crippen molar-refractivity contribution in [2.45, 2.75) is 12.5 Å². The lowest BCUT2D eigenvalue weighted by atomic mass is 10.0. The third-order valence-corrected chi connectivity index (χ3v) is 5.46. The lowest BCUT2D eigenvalue weighted by Gasteiger charge is -2.25. The van der Waals surface area contributed by atoms with Crippen molar-refractivity contribution in [1.82, 2.24) is 14.8 Å². The zero-order valence-electron chi connectivity index (χ0n) is 11.4. The van der Waals surface area contributed by atoms with E-state index in [4.69, 9.17) is 4.74 Å². The minimum Gasteiger partial charge on any atom is -0.380 e. The Hall–Kier alpha value is -0.980. The maximum atomic E-state index is 12.3. The Kier molecular flexibility index (Phi) is 3.24. The number of aromatic nitrogens is 1. The second kappa shape index (κ2) is 5.09.